The minimum atomic E-state index is -0.976. The Balaban J connectivity index is 2.59. The van der Waals surface area contributed by atoms with Crippen LogP contribution in [0, 0.1) is 0 Å². The summed E-state index contributed by atoms with van der Waals surface area (Å²) in [7, 11) is 1.58. The van der Waals surface area contributed by atoms with E-state index in [0.29, 0.717) is 18.1 Å². The molecule has 0 spiro atoms. The van der Waals surface area contributed by atoms with Gasteiger partial charge in [-0.25, -0.2) is 4.79 Å². The predicted octanol–water partition coefficient (Wildman–Crippen LogP) is 3.92. The molecule has 0 aliphatic carbocycles. The van der Waals surface area contributed by atoms with Crippen LogP contribution in [0.5, 0.6) is 11.5 Å². The van der Waals surface area contributed by atoms with Crippen molar-refractivity contribution in [3.8, 4) is 11.5 Å². The monoisotopic (exact) mass is 290 g/mol. The molecule has 0 aliphatic rings. The van der Waals surface area contributed by atoms with Gasteiger partial charge in [0, 0.05) is 6.08 Å². The number of ether oxygens (including phenoxy) is 2. The van der Waals surface area contributed by atoms with Gasteiger partial charge < -0.3 is 14.6 Å². The molecule has 114 valence electrons. The zero-order valence-electron chi connectivity index (χ0n) is 12.4. The predicted molar refractivity (Wildman–Crippen MR) is 83.8 cm³/mol. The number of methoxy groups -OCH3 is 1. The molecule has 0 bridgehead atoms. The number of rotatable bonds is 10. The van der Waals surface area contributed by atoms with E-state index in [9.17, 15) is 4.79 Å². The zero-order valence-corrected chi connectivity index (χ0v) is 12.4. The Hall–Kier alpha value is -2.23. The van der Waals surface area contributed by atoms with Crippen LogP contribution in [0.4, 0.5) is 0 Å². The molecule has 0 atom stereocenters. The van der Waals surface area contributed by atoms with E-state index in [1.807, 2.05) is 6.08 Å². The molecule has 0 aliphatic heterocycles. The Labute approximate surface area is 125 Å². The molecule has 0 saturated heterocycles. The number of hydrogen-bond donors (Lipinski definition) is 1. The molecule has 0 fully saturated rings. The van der Waals surface area contributed by atoms with Gasteiger partial charge in [0.1, 0.15) is 0 Å². The van der Waals surface area contributed by atoms with Gasteiger partial charge in [0.25, 0.3) is 0 Å². The van der Waals surface area contributed by atoms with E-state index in [1.54, 1.807) is 25.3 Å². The Kier molecular flexibility index (Phi) is 7.72. The topological polar surface area (TPSA) is 55.8 Å². The highest BCUT2D eigenvalue weighted by Crippen LogP contribution is 2.28. The molecular weight excluding hydrogens is 268 g/mol. The standard InChI is InChI=1S/C17H22O4/c1-3-4-5-6-7-12-21-16-13-14(9-11-17(18)19)8-10-15(16)20-2/h3,8-11,13H,1,4-7,12H2,2H3,(H,18,19)/b11-9+. The van der Waals surface area contributed by atoms with Crippen LogP contribution in [0.2, 0.25) is 0 Å². The third kappa shape index (κ3) is 6.65. The number of unbranched alkanes of at least 4 members (excludes halogenated alkanes) is 3. The highest BCUT2D eigenvalue weighted by Gasteiger charge is 2.05. The quantitative estimate of drug-likeness (QED) is 0.403. The van der Waals surface area contributed by atoms with Gasteiger partial charge in [-0.05, 0) is 49.5 Å². The molecule has 0 aromatic heterocycles. The second kappa shape index (κ2) is 9.64. The average molecular weight is 290 g/mol. The van der Waals surface area contributed by atoms with Crippen LogP contribution in [-0.2, 0) is 4.79 Å². The molecule has 0 unspecified atom stereocenters. The van der Waals surface area contributed by atoms with Crippen LogP contribution in [-0.4, -0.2) is 24.8 Å². The molecule has 21 heavy (non-hydrogen) atoms. The van der Waals surface area contributed by atoms with Crippen molar-refractivity contribution in [2.45, 2.75) is 25.7 Å². The first-order valence-corrected chi connectivity index (χ1v) is 7.00. The Morgan fingerprint density at radius 3 is 2.76 bits per heavy atom. The Morgan fingerprint density at radius 1 is 1.29 bits per heavy atom. The van der Waals surface area contributed by atoms with Crippen LogP contribution >= 0.6 is 0 Å². The SMILES string of the molecule is C=CCCCCCOc1cc(/C=C/C(=O)O)ccc1OC. The molecule has 0 amide bonds. The van der Waals surface area contributed by atoms with Gasteiger partial charge >= 0.3 is 5.97 Å². The van der Waals surface area contributed by atoms with E-state index in [-0.39, 0.29) is 0 Å². The van der Waals surface area contributed by atoms with E-state index in [1.165, 1.54) is 6.08 Å². The van der Waals surface area contributed by atoms with E-state index < -0.39 is 5.97 Å². The number of carboxylic acid groups (broad SMARTS) is 1. The molecule has 1 aromatic rings. The van der Waals surface area contributed by atoms with Gasteiger partial charge in [-0.15, -0.1) is 6.58 Å². The molecule has 0 saturated carbocycles. The third-order valence-electron chi connectivity index (χ3n) is 2.92. The second-order valence-corrected chi connectivity index (χ2v) is 4.57. The van der Waals surface area contributed by atoms with E-state index in [2.05, 4.69) is 6.58 Å². The normalized spacial score (nSPS) is 10.5. The molecule has 1 N–H and O–H groups in total. The fraction of sp³-hybridized carbons (Fsp3) is 0.353. The zero-order chi connectivity index (χ0) is 15.5. The molecule has 0 heterocycles. The summed E-state index contributed by atoms with van der Waals surface area (Å²) in [5.41, 5.74) is 0.764. The van der Waals surface area contributed by atoms with E-state index in [0.717, 1.165) is 37.3 Å². The first kappa shape index (κ1) is 16.8. The minimum absolute atomic E-state index is 0.611. The molecule has 4 nitrogen and oxygen atoms in total. The maximum atomic E-state index is 10.5. The lowest BCUT2D eigenvalue weighted by atomic mass is 10.2. The Morgan fingerprint density at radius 2 is 2.10 bits per heavy atom. The van der Waals surface area contributed by atoms with E-state index >= 15 is 0 Å². The fourth-order valence-electron chi connectivity index (χ4n) is 1.83. The van der Waals surface area contributed by atoms with Crippen LogP contribution in [0.25, 0.3) is 6.08 Å². The maximum absolute atomic E-state index is 10.5. The molecular formula is C17H22O4. The molecule has 1 rings (SSSR count). The third-order valence-corrected chi connectivity index (χ3v) is 2.92. The molecule has 0 radical (unpaired) electrons. The summed E-state index contributed by atoms with van der Waals surface area (Å²) < 4.78 is 11.0. The summed E-state index contributed by atoms with van der Waals surface area (Å²) in [4.78, 5) is 10.5. The van der Waals surface area contributed by atoms with Crippen molar-refractivity contribution < 1.29 is 19.4 Å². The van der Waals surface area contributed by atoms with Gasteiger partial charge in [0.15, 0.2) is 11.5 Å². The summed E-state index contributed by atoms with van der Waals surface area (Å²) in [5.74, 6) is 0.304. The summed E-state index contributed by atoms with van der Waals surface area (Å²) in [6.07, 6.45) is 8.74. The van der Waals surface area contributed by atoms with Crippen LogP contribution < -0.4 is 9.47 Å². The maximum Gasteiger partial charge on any atom is 0.328 e. The van der Waals surface area contributed by atoms with Gasteiger partial charge in [-0.2, -0.15) is 0 Å². The lowest BCUT2D eigenvalue weighted by Crippen LogP contribution is -1.99. The van der Waals surface area contributed by atoms with Crippen molar-refractivity contribution in [1.29, 1.82) is 0 Å². The van der Waals surface area contributed by atoms with Crippen molar-refractivity contribution in [1.82, 2.24) is 0 Å². The first-order valence-electron chi connectivity index (χ1n) is 7.00. The van der Waals surface area contributed by atoms with Crippen molar-refractivity contribution in [3.63, 3.8) is 0 Å². The second-order valence-electron chi connectivity index (χ2n) is 4.57. The summed E-state index contributed by atoms with van der Waals surface area (Å²) in [5, 5.41) is 8.64. The largest absolute Gasteiger partial charge is 0.493 e. The number of carboxylic acids is 1. The van der Waals surface area contributed by atoms with Crippen LogP contribution in [0.1, 0.15) is 31.2 Å². The highest BCUT2D eigenvalue weighted by molar-refractivity contribution is 5.85. The minimum Gasteiger partial charge on any atom is -0.493 e. The Bertz CT molecular complexity index is 492. The summed E-state index contributed by atoms with van der Waals surface area (Å²) in [6, 6.07) is 5.34. The molecule has 1 aromatic carbocycles. The van der Waals surface area contributed by atoms with Crippen molar-refractivity contribution in [2.24, 2.45) is 0 Å². The van der Waals surface area contributed by atoms with Gasteiger partial charge in [0.2, 0.25) is 0 Å². The number of hydrogen-bond acceptors (Lipinski definition) is 3. The highest BCUT2D eigenvalue weighted by atomic mass is 16.5. The number of benzene rings is 1. The van der Waals surface area contributed by atoms with Crippen LogP contribution in [0.15, 0.2) is 36.9 Å². The lowest BCUT2D eigenvalue weighted by Gasteiger charge is -2.11. The van der Waals surface area contributed by atoms with E-state index in [4.69, 9.17) is 14.6 Å². The van der Waals surface area contributed by atoms with Gasteiger partial charge in [-0.3, -0.25) is 0 Å². The van der Waals surface area contributed by atoms with Crippen molar-refractivity contribution >= 4 is 12.0 Å². The lowest BCUT2D eigenvalue weighted by molar-refractivity contribution is -0.131. The number of aliphatic carboxylic acids is 1. The van der Waals surface area contributed by atoms with Crippen molar-refractivity contribution in [3.05, 3.63) is 42.5 Å². The smallest absolute Gasteiger partial charge is 0.328 e. The number of carbonyl (C=O) groups is 1. The fourth-order valence-corrected chi connectivity index (χ4v) is 1.83. The first-order chi connectivity index (χ1) is 10.2. The average Bonchev–Trinajstić information content (AvgIpc) is 2.48. The van der Waals surface area contributed by atoms with Gasteiger partial charge in [-0.1, -0.05) is 12.1 Å². The summed E-state index contributed by atoms with van der Waals surface area (Å²) >= 11 is 0. The molecule has 4 heteroatoms. The van der Waals surface area contributed by atoms with Crippen LogP contribution in [0.3, 0.4) is 0 Å². The van der Waals surface area contributed by atoms with Gasteiger partial charge in [0.05, 0.1) is 13.7 Å². The number of allylic oxidation sites excluding steroid dienone is 1. The summed E-state index contributed by atoms with van der Waals surface area (Å²) in [6.45, 7) is 4.30. The van der Waals surface area contributed by atoms with Crippen molar-refractivity contribution in [2.75, 3.05) is 13.7 Å².